The minimum Gasteiger partial charge on any atom is -0.481 e. The lowest BCUT2D eigenvalue weighted by molar-refractivity contribution is -0.137. The zero-order valence-electron chi connectivity index (χ0n) is 16.6. The van der Waals surface area contributed by atoms with E-state index in [9.17, 15) is 14.4 Å². The van der Waals surface area contributed by atoms with Gasteiger partial charge in [0.25, 0.3) is 11.8 Å². The topological polar surface area (TPSA) is 95.5 Å². The van der Waals surface area contributed by atoms with Crippen molar-refractivity contribution in [3.63, 3.8) is 0 Å². The van der Waals surface area contributed by atoms with E-state index in [2.05, 4.69) is 10.6 Å². The van der Waals surface area contributed by atoms with Gasteiger partial charge in [-0.1, -0.05) is 49.2 Å². The highest BCUT2D eigenvalue weighted by Gasteiger charge is 2.22. The third-order valence-electron chi connectivity index (χ3n) is 4.76. The number of hydrogen-bond acceptors (Lipinski definition) is 3. The summed E-state index contributed by atoms with van der Waals surface area (Å²) in [7, 11) is 0. The van der Waals surface area contributed by atoms with Gasteiger partial charge in [-0.15, -0.1) is 0 Å². The van der Waals surface area contributed by atoms with E-state index in [1.165, 1.54) is 0 Å². The maximum atomic E-state index is 12.6. The van der Waals surface area contributed by atoms with Gasteiger partial charge in [0, 0.05) is 29.6 Å². The van der Waals surface area contributed by atoms with Gasteiger partial charge in [-0.2, -0.15) is 0 Å². The zero-order valence-corrected chi connectivity index (χ0v) is 16.6. The standard InChI is InChI=1S/C23H28N2O4/c1-17(24-22(28)18-11-5-2-6-12-18)20(15-9-4-10-16-21(26)27)25-23(29)19-13-7-3-8-14-19/h2-3,5-8,11-14,17,20H,4,9-10,15-16H2,1H3,(H,24,28)(H,25,29)(H,26,27). The van der Waals surface area contributed by atoms with Crippen LogP contribution in [0.1, 0.15) is 59.7 Å². The third-order valence-corrected chi connectivity index (χ3v) is 4.76. The Labute approximate surface area is 171 Å². The molecule has 29 heavy (non-hydrogen) atoms. The number of aliphatic carboxylic acids is 1. The molecule has 2 rings (SSSR count). The van der Waals surface area contributed by atoms with Crippen molar-refractivity contribution in [2.24, 2.45) is 0 Å². The highest BCUT2D eigenvalue weighted by molar-refractivity contribution is 5.95. The van der Waals surface area contributed by atoms with Crippen LogP contribution < -0.4 is 10.6 Å². The molecule has 6 heteroatoms. The predicted molar refractivity (Wildman–Crippen MR) is 112 cm³/mol. The number of rotatable bonds is 11. The second kappa shape index (κ2) is 11.6. The Morgan fingerprint density at radius 3 is 1.83 bits per heavy atom. The van der Waals surface area contributed by atoms with Gasteiger partial charge < -0.3 is 15.7 Å². The number of amides is 2. The first-order valence-electron chi connectivity index (χ1n) is 9.91. The van der Waals surface area contributed by atoms with E-state index in [0.29, 0.717) is 24.0 Å². The molecule has 2 aromatic carbocycles. The fourth-order valence-corrected chi connectivity index (χ4v) is 3.09. The highest BCUT2D eigenvalue weighted by Crippen LogP contribution is 2.11. The number of unbranched alkanes of at least 4 members (excludes halogenated alkanes) is 2. The molecular formula is C23H28N2O4. The largest absolute Gasteiger partial charge is 0.481 e. The molecule has 3 N–H and O–H groups in total. The Bertz CT molecular complexity index is 793. The highest BCUT2D eigenvalue weighted by atomic mass is 16.4. The van der Waals surface area contributed by atoms with Crippen LogP contribution in [0, 0.1) is 0 Å². The first-order valence-corrected chi connectivity index (χ1v) is 9.91. The van der Waals surface area contributed by atoms with Gasteiger partial charge in [-0.3, -0.25) is 14.4 Å². The molecule has 2 atom stereocenters. The van der Waals surface area contributed by atoms with E-state index in [0.717, 1.165) is 12.8 Å². The predicted octanol–water partition coefficient (Wildman–Crippen LogP) is 3.64. The van der Waals surface area contributed by atoms with Crippen molar-refractivity contribution in [1.29, 1.82) is 0 Å². The molecule has 0 radical (unpaired) electrons. The molecule has 0 bridgehead atoms. The van der Waals surface area contributed by atoms with Crippen LogP contribution in [0.15, 0.2) is 60.7 Å². The van der Waals surface area contributed by atoms with Crippen molar-refractivity contribution in [2.75, 3.05) is 0 Å². The molecule has 2 amide bonds. The number of carboxylic acids is 1. The molecule has 0 saturated carbocycles. The molecule has 0 heterocycles. The molecule has 0 aromatic heterocycles. The zero-order chi connectivity index (χ0) is 21.1. The van der Waals surface area contributed by atoms with Crippen molar-refractivity contribution in [1.82, 2.24) is 10.6 Å². The first-order chi connectivity index (χ1) is 14.0. The summed E-state index contributed by atoms with van der Waals surface area (Å²) in [4.78, 5) is 35.7. The summed E-state index contributed by atoms with van der Waals surface area (Å²) in [6.07, 6.45) is 2.90. The quantitative estimate of drug-likeness (QED) is 0.505. The number of benzene rings is 2. The SMILES string of the molecule is CC(NC(=O)c1ccccc1)C(CCCCCC(=O)O)NC(=O)c1ccccc1. The number of carboxylic acid groups (broad SMARTS) is 1. The van der Waals surface area contributed by atoms with Crippen molar-refractivity contribution in [2.45, 2.75) is 51.1 Å². The van der Waals surface area contributed by atoms with Crippen molar-refractivity contribution in [3.05, 3.63) is 71.8 Å². The first kappa shape index (κ1) is 22.1. The molecule has 0 aliphatic carbocycles. The van der Waals surface area contributed by atoms with E-state index >= 15 is 0 Å². The van der Waals surface area contributed by atoms with Crippen LogP contribution >= 0.6 is 0 Å². The molecule has 2 aromatic rings. The molecule has 0 aliphatic heterocycles. The molecule has 154 valence electrons. The third kappa shape index (κ3) is 7.78. The van der Waals surface area contributed by atoms with Gasteiger partial charge in [0.2, 0.25) is 0 Å². The second-order valence-corrected chi connectivity index (χ2v) is 7.07. The maximum Gasteiger partial charge on any atom is 0.303 e. The fraction of sp³-hybridized carbons (Fsp3) is 0.348. The summed E-state index contributed by atoms with van der Waals surface area (Å²) in [5.74, 6) is -1.19. The molecule has 0 fully saturated rings. The van der Waals surface area contributed by atoms with Crippen molar-refractivity contribution < 1.29 is 19.5 Å². The molecular weight excluding hydrogens is 368 g/mol. The van der Waals surface area contributed by atoms with Gasteiger partial charge in [0.15, 0.2) is 0 Å². The van der Waals surface area contributed by atoms with Crippen LogP contribution in [0.3, 0.4) is 0 Å². The number of hydrogen-bond donors (Lipinski definition) is 3. The summed E-state index contributed by atoms with van der Waals surface area (Å²) in [6.45, 7) is 1.87. The van der Waals surface area contributed by atoms with Gasteiger partial charge in [-0.25, -0.2) is 0 Å². The summed E-state index contributed by atoms with van der Waals surface area (Å²) < 4.78 is 0. The average molecular weight is 396 g/mol. The number of carbonyl (C=O) groups excluding carboxylic acids is 2. The Morgan fingerprint density at radius 2 is 1.31 bits per heavy atom. The van der Waals surface area contributed by atoms with E-state index in [-0.39, 0.29) is 30.3 Å². The van der Waals surface area contributed by atoms with Crippen molar-refractivity contribution in [3.8, 4) is 0 Å². The van der Waals surface area contributed by atoms with Crippen LogP contribution in [0.5, 0.6) is 0 Å². The summed E-state index contributed by atoms with van der Waals surface area (Å²) >= 11 is 0. The Balaban J connectivity index is 1.99. The Kier molecular flexibility index (Phi) is 8.89. The van der Waals surface area contributed by atoms with Crippen LogP contribution in [0.4, 0.5) is 0 Å². The lowest BCUT2D eigenvalue weighted by Crippen LogP contribution is -2.50. The maximum absolute atomic E-state index is 12.6. The molecule has 0 aliphatic rings. The monoisotopic (exact) mass is 396 g/mol. The van der Waals surface area contributed by atoms with Gasteiger partial charge in [0.1, 0.15) is 0 Å². The van der Waals surface area contributed by atoms with Crippen LogP contribution in [0.25, 0.3) is 0 Å². The lowest BCUT2D eigenvalue weighted by atomic mass is 10.0. The molecule has 2 unspecified atom stereocenters. The summed E-state index contributed by atoms with van der Waals surface area (Å²) in [6, 6.07) is 17.3. The molecule has 6 nitrogen and oxygen atoms in total. The summed E-state index contributed by atoms with van der Waals surface area (Å²) in [5.41, 5.74) is 1.12. The minimum atomic E-state index is -0.803. The lowest BCUT2D eigenvalue weighted by Gasteiger charge is -2.26. The smallest absolute Gasteiger partial charge is 0.303 e. The molecule has 0 spiro atoms. The summed E-state index contributed by atoms with van der Waals surface area (Å²) in [5, 5.41) is 14.7. The van der Waals surface area contributed by atoms with Gasteiger partial charge >= 0.3 is 5.97 Å². The second-order valence-electron chi connectivity index (χ2n) is 7.07. The average Bonchev–Trinajstić information content (AvgIpc) is 2.73. The Hall–Kier alpha value is -3.15. The van der Waals surface area contributed by atoms with Crippen LogP contribution in [-0.4, -0.2) is 35.0 Å². The van der Waals surface area contributed by atoms with E-state index in [1.54, 1.807) is 48.5 Å². The fourth-order valence-electron chi connectivity index (χ4n) is 3.09. The van der Waals surface area contributed by atoms with E-state index in [1.807, 2.05) is 19.1 Å². The minimum absolute atomic E-state index is 0.140. The number of carbonyl (C=O) groups is 3. The van der Waals surface area contributed by atoms with Crippen LogP contribution in [-0.2, 0) is 4.79 Å². The van der Waals surface area contributed by atoms with Gasteiger partial charge in [0.05, 0.1) is 0 Å². The van der Waals surface area contributed by atoms with Gasteiger partial charge in [-0.05, 0) is 44.0 Å². The normalized spacial score (nSPS) is 12.6. The van der Waals surface area contributed by atoms with Crippen molar-refractivity contribution >= 4 is 17.8 Å². The van der Waals surface area contributed by atoms with Crippen LogP contribution in [0.2, 0.25) is 0 Å². The molecule has 0 saturated heterocycles. The van der Waals surface area contributed by atoms with E-state index in [4.69, 9.17) is 5.11 Å². The number of nitrogens with one attached hydrogen (secondary N) is 2. The Morgan fingerprint density at radius 1 is 0.793 bits per heavy atom. The van der Waals surface area contributed by atoms with E-state index < -0.39 is 5.97 Å².